The Morgan fingerprint density at radius 3 is 2.95 bits per heavy atom. The smallest absolute Gasteiger partial charge is 0.160 e. The normalized spacial score (nSPS) is 15.0. The third-order valence-corrected chi connectivity index (χ3v) is 4.61. The topological polar surface area (TPSA) is 56.7 Å². The second-order valence-electron chi connectivity index (χ2n) is 5.33. The van der Waals surface area contributed by atoms with Gasteiger partial charge in [-0.2, -0.15) is 0 Å². The maximum atomic E-state index is 13.4. The molecule has 108 valence electrons. The van der Waals surface area contributed by atoms with Gasteiger partial charge in [0.05, 0.1) is 16.0 Å². The first-order valence-corrected chi connectivity index (χ1v) is 7.96. The van der Waals surface area contributed by atoms with Crippen molar-refractivity contribution >= 4 is 22.4 Å². The molecule has 4 rings (SSSR count). The third kappa shape index (κ3) is 2.24. The molecule has 6 heteroatoms. The van der Waals surface area contributed by atoms with Crippen LogP contribution in [0.1, 0.15) is 23.9 Å². The molecule has 4 nitrogen and oxygen atoms in total. The zero-order valence-corrected chi connectivity index (χ0v) is 12.2. The molecule has 1 aliphatic carbocycles. The van der Waals surface area contributed by atoms with Crippen LogP contribution in [0.5, 0.6) is 0 Å². The molecule has 1 aliphatic rings. The summed E-state index contributed by atoms with van der Waals surface area (Å²) in [5, 5.41) is 3.04. The fraction of sp³-hybridized carbons (Fsp3) is 0.333. The highest BCUT2D eigenvalue weighted by molar-refractivity contribution is 7.09. The van der Waals surface area contributed by atoms with Crippen molar-refractivity contribution < 1.29 is 4.39 Å². The van der Waals surface area contributed by atoms with Crippen LogP contribution in [0.15, 0.2) is 23.6 Å². The standard InChI is InChI=1S/C15H15FN4S/c16-9-1-4-13-11(7-9)19-15(20(13)10-2-3-10)12-8-21-14(18-12)5-6-17/h1,4,7-8,10H,2-3,5-6,17H2. The van der Waals surface area contributed by atoms with E-state index in [9.17, 15) is 4.39 Å². The highest BCUT2D eigenvalue weighted by Crippen LogP contribution is 2.41. The predicted octanol–water partition coefficient (Wildman–Crippen LogP) is 3.14. The number of aromatic nitrogens is 3. The van der Waals surface area contributed by atoms with Crippen LogP contribution in [0, 0.1) is 5.82 Å². The van der Waals surface area contributed by atoms with Crippen molar-refractivity contribution in [3.63, 3.8) is 0 Å². The van der Waals surface area contributed by atoms with Gasteiger partial charge in [0.2, 0.25) is 0 Å². The maximum absolute atomic E-state index is 13.4. The summed E-state index contributed by atoms with van der Waals surface area (Å²) < 4.78 is 15.6. The lowest BCUT2D eigenvalue weighted by Crippen LogP contribution is -2.02. The summed E-state index contributed by atoms with van der Waals surface area (Å²) >= 11 is 1.60. The van der Waals surface area contributed by atoms with E-state index in [-0.39, 0.29) is 5.82 Å². The van der Waals surface area contributed by atoms with Gasteiger partial charge < -0.3 is 10.3 Å². The molecular formula is C15H15FN4S. The summed E-state index contributed by atoms with van der Waals surface area (Å²) in [5.41, 5.74) is 8.13. The van der Waals surface area contributed by atoms with Gasteiger partial charge in [0.1, 0.15) is 11.5 Å². The van der Waals surface area contributed by atoms with Crippen molar-refractivity contribution in [2.75, 3.05) is 6.54 Å². The van der Waals surface area contributed by atoms with Crippen molar-refractivity contribution in [1.82, 2.24) is 14.5 Å². The fourth-order valence-electron chi connectivity index (χ4n) is 2.61. The molecule has 0 saturated heterocycles. The Morgan fingerprint density at radius 1 is 1.33 bits per heavy atom. The van der Waals surface area contributed by atoms with Gasteiger partial charge in [-0.3, -0.25) is 0 Å². The third-order valence-electron chi connectivity index (χ3n) is 3.70. The molecule has 0 aliphatic heterocycles. The van der Waals surface area contributed by atoms with Crippen LogP contribution in [-0.4, -0.2) is 21.1 Å². The Bertz CT molecular complexity index is 803. The van der Waals surface area contributed by atoms with Crippen molar-refractivity contribution in [3.8, 4) is 11.5 Å². The molecule has 0 atom stereocenters. The van der Waals surface area contributed by atoms with Crippen LogP contribution in [0.3, 0.4) is 0 Å². The van der Waals surface area contributed by atoms with Crippen molar-refractivity contribution in [2.24, 2.45) is 5.73 Å². The second kappa shape index (κ2) is 4.89. The molecule has 0 radical (unpaired) electrons. The average Bonchev–Trinajstić information content (AvgIpc) is 3.08. The van der Waals surface area contributed by atoms with Gasteiger partial charge in [-0.1, -0.05) is 0 Å². The largest absolute Gasteiger partial charge is 0.330 e. The Labute approximate surface area is 125 Å². The van der Waals surface area contributed by atoms with Crippen molar-refractivity contribution in [3.05, 3.63) is 34.4 Å². The van der Waals surface area contributed by atoms with Gasteiger partial charge in [-0.25, -0.2) is 14.4 Å². The monoisotopic (exact) mass is 302 g/mol. The van der Waals surface area contributed by atoms with Crippen molar-refractivity contribution in [1.29, 1.82) is 0 Å². The van der Waals surface area contributed by atoms with Crippen LogP contribution in [0.4, 0.5) is 4.39 Å². The number of fused-ring (bicyclic) bond motifs is 1. The Hall–Kier alpha value is -1.79. The summed E-state index contributed by atoms with van der Waals surface area (Å²) in [6.07, 6.45) is 3.08. The van der Waals surface area contributed by atoms with E-state index >= 15 is 0 Å². The van der Waals surface area contributed by atoms with Crippen LogP contribution in [0.2, 0.25) is 0 Å². The summed E-state index contributed by atoms with van der Waals surface area (Å²) in [4.78, 5) is 9.23. The number of thiazole rings is 1. The number of imidazole rings is 1. The predicted molar refractivity (Wildman–Crippen MR) is 81.8 cm³/mol. The summed E-state index contributed by atoms with van der Waals surface area (Å²) in [6, 6.07) is 5.26. The molecule has 0 amide bonds. The first kappa shape index (κ1) is 12.9. The number of hydrogen-bond acceptors (Lipinski definition) is 4. The number of nitrogens with two attached hydrogens (primary N) is 1. The lowest BCUT2D eigenvalue weighted by molar-refractivity contribution is 0.629. The quantitative estimate of drug-likeness (QED) is 0.805. The molecular weight excluding hydrogens is 287 g/mol. The van der Waals surface area contributed by atoms with Gasteiger partial charge in [0, 0.05) is 23.9 Å². The SMILES string of the molecule is NCCc1nc(-c2nc3cc(F)ccc3n2C2CC2)cs1. The van der Waals surface area contributed by atoms with E-state index in [1.54, 1.807) is 11.3 Å². The molecule has 1 aromatic carbocycles. The van der Waals surface area contributed by atoms with E-state index in [4.69, 9.17) is 5.73 Å². The Morgan fingerprint density at radius 2 is 2.19 bits per heavy atom. The second-order valence-corrected chi connectivity index (χ2v) is 6.28. The Balaban J connectivity index is 1.88. The van der Waals surface area contributed by atoms with Gasteiger partial charge in [0.25, 0.3) is 0 Å². The number of rotatable bonds is 4. The van der Waals surface area contributed by atoms with Gasteiger partial charge in [-0.15, -0.1) is 11.3 Å². The number of halogens is 1. The molecule has 2 aromatic heterocycles. The summed E-state index contributed by atoms with van der Waals surface area (Å²) in [5.74, 6) is 0.592. The molecule has 0 unspecified atom stereocenters. The van der Waals surface area contributed by atoms with Gasteiger partial charge >= 0.3 is 0 Å². The molecule has 2 heterocycles. The number of nitrogens with zero attached hydrogens (tertiary/aromatic N) is 3. The van der Waals surface area contributed by atoms with E-state index in [0.29, 0.717) is 18.1 Å². The highest BCUT2D eigenvalue weighted by Gasteiger charge is 2.29. The minimum atomic E-state index is -0.253. The lowest BCUT2D eigenvalue weighted by Gasteiger charge is -2.05. The minimum absolute atomic E-state index is 0.253. The van der Waals surface area contributed by atoms with Crippen LogP contribution < -0.4 is 5.73 Å². The van der Waals surface area contributed by atoms with E-state index in [1.165, 1.54) is 12.1 Å². The number of hydrogen-bond donors (Lipinski definition) is 1. The maximum Gasteiger partial charge on any atom is 0.160 e. The fourth-order valence-corrected chi connectivity index (χ4v) is 3.40. The summed E-state index contributed by atoms with van der Waals surface area (Å²) in [6.45, 7) is 0.594. The van der Waals surface area contributed by atoms with E-state index in [1.807, 2.05) is 11.4 Å². The summed E-state index contributed by atoms with van der Waals surface area (Å²) in [7, 11) is 0. The molecule has 21 heavy (non-hydrogen) atoms. The van der Waals surface area contributed by atoms with Gasteiger partial charge in [-0.05, 0) is 31.5 Å². The molecule has 3 aromatic rings. The first-order valence-electron chi connectivity index (χ1n) is 7.08. The molecule has 1 fully saturated rings. The molecule has 2 N–H and O–H groups in total. The molecule has 0 bridgehead atoms. The van der Waals surface area contributed by atoms with Crippen LogP contribution in [-0.2, 0) is 6.42 Å². The van der Waals surface area contributed by atoms with Crippen LogP contribution >= 0.6 is 11.3 Å². The highest BCUT2D eigenvalue weighted by atomic mass is 32.1. The van der Waals surface area contributed by atoms with E-state index in [2.05, 4.69) is 14.5 Å². The van der Waals surface area contributed by atoms with E-state index < -0.39 is 0 Å². The molecule has 1 saturated carbocycles. The zero-order valence-electron chi connectivity index (χ0n) is 11.4. The minimum Gasteiger partial charge on any atom is -0.330 e. The average molecular weight is 302 g/mol. The van der Waals surface area contributed by atoms with Crippen LogP contribution in [0.25, 0.3) is 22.6 Å². The van der Waals surface area contributed by atoms with E-state index in [0.717, 1.165) is 41.3 Å². The van der Waals surface area contributed by atoms with Crippen molar-refractivity contribution in [2.45, 2.75) is 25.3 Å². The lowest BCUT2D eigenvalue weighted by atomic mass is 10.3. The number of benzene rings is 1. The Kier molecular flexibility index (Phi) is 3.01. The van der Waals surface area contributed by atoms with Gasteiger partial charge in [0.15, 0.2) is 5.82 Å². The first-order chi connectivity index (χ1) is 10.3. The molecule has 0 spiro atoms. The zero-order chi connectivity index (χ0) is 14.4.